The van der Waals surface area contributed by atoms with Gasteiger partial charge in [-0.25, -0.2) is 9.97 Å². The van der Waals surface area contributed by atoms with Crippen LogP contribution in [-0.2, 0) is 6.42 Å². The third-order valence-corrected chi connectivity index (χ3v) is 4.18. The molecule has 0 aliphatic carbocycles. The van der Waals surface area contributed by atoms with E-state index in [1.54, 1.807) is 12.3 Å². The molecule has 0 saturated heterocycles. The Kier molecular flexibility index (Phi) is 5.75. The minimum atomic E-state index is 0.536. The van der Waals surface area contributed by atoms with Gasteiger partial charge in [0.15, 0.2) is 5.82 Å². The van der Waals surface area contributed by atoms with Crippen LogP contribution in [0.25, 0.3) is 11.5 Å². The highest BCUT2D eigenvalue weighted by Crippen LogP contribution is 2.25. The molecule has 0 aliphatic heterocycles. The molecule has 4 nitrogen and oxygen atoms in total. The van der Waals surface area contributed by atoms with E-state index in [0.717, 1.165) is 33.7 Å². The van der Waals surface area contributed by atoms with Crippen LogP contribution in [0.15, 0.2) is 18.3 Å². The first kappa shape index (κ1) is 16.4. The summed E-state index contributed by atoms with van der Waals surface area (Å²) in [6, 6.07) is 3.65. The van der Waals surface area contributed by atoms with E-state index in [-0.39, 0.29) is 0 Å². The van der Waals surface area contributed by atoms with Crippen molar-refractivity contribution in [3.05, 3.63) is 32.6 Å². The first-order valence-corrected chi connectivity index (χ1v) is 8.39. The van der Waals surface area contributed by atoms with Crippen molar-refractivity contribution in [2.24, 2.45) is 5.92 Å². The lowest BCUT2D eigenvalue weighted by Gasteiger charge is -2.13. The van der Waals surface area contributed by atoms with Gasteiger partial charge >= 0.3 is 0 Å². The maximum Gasteiger partial charge on any atom is 0.180 e. The zero-order valence-electron chi connectivity index (χ0n) is 12.3. The van der Waals surface area contributed by atoms with Gasteiger partial charge in [0.25, 0.3) is 0 Å². The number of halogens is 2. The molecule has 0 spiro atoms. The standard InChI is InChI=1S/C15H18ClIN4/c1-4-18-15-13(17)12(7-9(2)3)20-14(21-15)11-6-5-10(16)8-19-11/h5-6,8-9H,4,7H2,1-3H3,(H,18,20,21). The minimum absolute atomic E-state index is 0.536. The second-order valence-corrected chi connectivity index (χ2v) is 6.66. The predicted molar refractivity (Wildman–Crippen MR) is 95.7 cm³/mol. The van der Waals surface area contributed by atoms with Gasteiger partial charge in [0.1, 0.15) is 11.5 Å². The molecule has 0 aliphatic rings. The number of nitrogens with zero attached hydrogens (tertiary/aromatic N) is 3. The molecule has 0 radical (unpaired) electrons. The minimum Gasteiger partial charge on any atom is -0.369 e. The maximum absolute atomic E-state index is 5.89. The van der Waals surface area contributed by atoms with E-state index in [1.807, 2.05) is 6.07 Å². The van der Waals surface area contributed by atoms with E-state index in [2.05, 4.69) is 58.6 Å². The lowest BCUT2D eigenvalue weighted by molar-refractivity contribution is 0.632. The summed E-state index contributed by atoms with van der Waals surface area (Å²) in [7, 11) is 0. The molecule has 21 heavy (non-hydrogen) atoms. The molecule has 0 amide bonds. The quantitative estimate of drug-likeness (QED) is 0.733. The molecule has 0 saturated carbocycles. The molecule has 2 aromatic heterocycles. The van der Waals surface area contributed by atoms with Crippen LogP contribution in [0.3, 0.4) is 0 Å². The van der Waals surface area contributed by atoms with Crippen molar-refractivity contribution in [1.82, 2.24) is 15.0 Å². The molecular formula is C15H18ClIN4. The van der Waals surface area contributed by atoms with Crippen LogP contribution in [0.4, 0.5) is 5.82 Å². The molecule has 0 unspecified atom stereocenters. The van der Waals surface area contributed by atoms with Crippen molar-refractivity contribution in [3.63, 3.8) is 0 Å². The summed E-state index contributed by atoms with van der Waals surface area (Å²) in [4.78, 5) is 13.6. The van der Waals surface area contributed by atoms with Crippen LogP contribution in [0, 0.1) is 9.49 Å². The third-order valence-electron chi connectivity index (χ3n) is 2.82. The summed E-state index contributed by atoms with van der Waals surface area (Å²) in [6.45, 7) is 7.25. The topological polar surface area (TPSA) is 50.7 Å². The lowest BCUT2D eigenvalue weighted by atomic mass is 10.1. The Bertz CT molecular complexity index is 614. The second-order valence-electron chi connectivity index (χ2n) is 5.15. The summed E-state index contributed by atoms with van der Waals surface area (Å²) in [5.41, 5.74) is 1.79. The van der Waals surface area contributed by atoms with Crippen molar-refractivity contribution >= 4 is 40.0 Å². The van der Waals surface area contributed by atoms with E-state index in [0.29, 0.717) is 16.8 Å². The summed E-state index contributed by atoms with van der Waals surface area (Å²) < 4.78 is 1.08. The number of anilines is 1. The van der Waals surface area contributed by atoms with Crippen LogP contribution < -0.4 is 5.32 Å². The number of rotatable bonds is 5. The summed E-state index contributed by atoms with van der Waals surface area (Å²) in [5, 5.41) is 3.91. The first-order chi connectivity index (χ1) is 10.0. The summed E-state index contributed by atoms with van der Waals surface area (Å²) in [6.07, 6.45) is 2.53. The fraction of sp³-hybridized carbons (Fsp3) is 0.400. The molecule has 2 rings (SSSR count). The van der Waals surface area contributed by atoms with Crippen molar-refractivity contribution in [2.45, 2.75) is 27.2 Å². The van der Waals surface area contributed by atoms with Gasteiger partial charge in [-0.3, -0.25) is 4.98 Å². The van der Waals surface area contributed by atoms with E-state index in [9.17, 15) is 0 Å². The van der Waals surface area contributed by atoms with Gasteiger partial charge in [-0.15, -0.1) is 0 Å². The van der Waals surface area contributed by atoms with Crippen molar-refractivity contribution < 1.29 is 0 Å². The smallest absolute Gasteiger partial charge is 0.180 e. The average molecular weight is 417 g/mol. The van der Waals surface area contributed by atoms with Gasteiger partial charge in [-0.2, -0.15) is 0 Å². The number of hydrogen-bond acceptors (Lipinski definition) is 4. The number of pyridine rings is 1. The number of aromatic nitrogens is 3. The van der Waals surface area contributed by atoms with Crippen LogP contribution in [0.2, 0.25) is 5.02 Å². The first-order valence-electron chi connectivity index (χ1n) is 6.93. The van der Waals surface area contributed by atoms with Crippen LogP contribution in [0.1, 0.15) is 26.5 Å². The van der Waals surface area contributed by atoms with Crippen molar-refractivity contribution in [2.75, 3.05) is 11.9 Å². The van der Waals surface area contributed by atoms with Gasteiger partial charge in [0, 0.05) is 12.7 Å². The maximum atomic E-state index is 5.89. The molecule has 2 heterocycles. The molecular weight excluding hydrogens is 399 g/mol. The van der Waals surface area contributed by atoms with Crippen molar-refractivity contribution in [3.8, 4) is 11.5 Å². The monoisotopic (exact) mass is 416 g/mol. The van der Waals surface area contributed by atoms with Crippen molar-refractivity contribution in [1.29, 1.82) is 0 Å². The SMILES string of the molecule is CCNc1nc(-c2ccc(Cl)cn2)nc(CC(C)C)c1I. The highest BCUT2D eigenvalue weighted by atomic mass is 127. The summed E-state index contributed by atoms with van der Waals surface area (Å²) >= 11 is 8.20. The predicted octanol–water partition coefficient (Wildman–Crippen LogP) is 4.43. The molecule has 1 N–H and O–H groups in total. The highest BCUT2D eigenvalue weighted by Gasteiger charge is 2.14. The Balaban J connectivity index is 2.49. The van der Waals surface area contributed by atoms with Crippen LogP contribution >= 0.6 is 34.2 Å². The largest absolute Gasteiger partial charge is 0.369 e. The fourth-order valence-corrected chi connectivity index (χ4v) is 2.69. The number of nitrogens with one attached hydrogen (secondary N) is 1. The second kappa shape index (κ2) is 7.35. The normalized spacial score (nSPS) is 11.0. The Hall–Kier alpha value is -0.950. The zero-order valence-corrected chi connectivity index (χ0v) is 15.2. The zero-order chi connectivity index (χ0) is 15.4. The molecule has 112 valence electrons. The van der Waals surface area contributed by atoms with Crippen LogP contribution in [0.5, 0.6) is 0 Å². The molecule has 0 bridgehead atoms. The Labute approximate surface area is 143 Å². The van der Waals surface area contributed by atoms with Gasteiger partial charge < -0.3 is 5.32 Å². The molecule has 0 aromatic carbocycles. The Morgan fingerprint density at radius 2 is 2.05 bits per heavy atom. The van der Waals surface area contributed by atoms with Gasteiger partial charge in [0.05, 0.1) is 14.3 Å². The Morgan fingerprint density at radius 1 is 1.29 bits per heavy atom. The molecule has 0 atom stereocenters. The fourth-order valence-electron chi connectivity index (χ4n) is 1.92. The molecule has 6 heteroatoms. The van der Waals surface area contributed by atoms with E-state index >= 15 is 0 Å². The molecule has 2 aromatic rings. The third kappa shape index (κ3) is 4.26. The van der Waals surface area contributed by atoms with Gasteiger partial charge in [0.2, 0.25) is 0 Å². The van der Waals surface area contributed by atoms with E-state index in [1.165, 1.54) is 0 Å². The molecule has 0 fully saturated rings. The highest BCUT2D eigenvalue weighted by molar-refractivity contribution is 14.1. The van der Waals surface area contributed by atoms with E-state index < -0.39 is 0 Å². The average Bonchev–Trinajstić information content (AvgIpc) is 2.43. The number of hydrogen-bond donors (Lipinski definition) is 1. The van der Waals surface area contributed by atoms with Gasteiger partial charge in [-0.05, 0) is 54.0 Å². The van der Waals surface area contributed by atoms with Gasteiger partial charge in [-0.1, -0.05) is 25.4 Å². The van der Waals surface area contributed by atoms with Crippen LogP contribution in [-0.4, -0.2) is 21.5 Å². The Morgan fingerprint density at radius 3 is 2.62 bits per heavy atom. The van der Waals surface area contributed by atoms with E-state index in [4.69, 9.17) is 16.6 Å². The summed E-state index contributed by atoms with van der Waals surface area (Å²) in [5.74, 6) is 2.04. The lowest BCUT2D eigenvalue weighted by Crippen LogP contribution is -2.10.